The molecule has 1 atom stereocenters. The second-order valence-electron chi connectivity index (χ2n) is 6.34. The maximum Gasteiger partial charge on any atom is 0.308 e. The number of aliphatic carboxylic acids is 1. The van der Waals surface area contributed by atoms with Crippen LogP contribution in [0.25, 0.3) is 11.5 Å². The molecule has 0 aliphatic heterocycles. The Balaban J connectivity index is 1.67. The summed E-state index contributed by atoms with van der Waals surface area (Å²) in [6.07, 6.45) is 3.41. The molecule has 1 aliphatic rings. The molecule has 7 heteroatoms. The van der Waals surface area contributed by atoms with Crippen molar-refractivity contribution in [2.75, 3.05) is 6.54 Å². The summed E-state index contributed by atoms with van der Waals surface area (Å²) < 4.78 is 5.45. The Labute approximate surface area is 150 Å². The Hall–Kier alpha value is -2.34. The van der Waals surface area contributed by atoms with Gasteiger partial charge >= 0.3 is 5.97 Å². The van der Waals surface area contributed by atoms with Gasteiger partial charge < -0.3 is 14.4 Å². The lowest BCUT2D eigenvalue weighted by Crippen LogP contribution is -2.39. The quantitative estimate of drug-likeness (QED) is 0.817. The van der Waals surface area contributed by atoms with E-state index in [-0.39, 0.29) is 24.9 Å². The minimum Gasteiger partial charge on any atom is -0.481 e. The maximum absolute atomic E-state index is 12.6. The van der Waals surface area contributed by atoms with Crippen LogP contribution < -0.4 is 0 Å². The lowest BCUT2D eigenvalue weighted by atomic mass is 10.1. The number of aromatic nitrogens is 1. The van der Waals surface area contributed by atoms with Gasteiger partial charge in [0.1, 0.15) is 6.26 Å². The number of rotatable bonds is 7. The highest BCUT2D eigenvalue weighted by Crippen LogP contribution is 2.28. The first kappa shape index (κ1) is 17.5. The van der Waals surface area contributed by atoms with Gasteiger partial charge in [-0.2, -0.15) is 0 Å². The number of carboxylic acids is 1. The Morgan fingerprint density at radius 1 is 1.36 bits per heavy atom. The fourth-order valence-electron chi connectivity index (χ4n) is 2.58. The lowest BCUT2D eigenvalue weighted by molar-refractivity contribution is -0.143. The molecular formula is C18H19ClN2O4. The number of carboxylic acid groups (broad SMARTS) is 1. The van der Waals surface area contributed by atoms with Gasteiger partial charge in [-0.25, -0.2) is 4.98 Å². The molecule has 1 unspecified atom stereocenters. The van der Waals surface area contributed by atoms with E-state index in [4.69, 9.17) is 21.1 Å². The Kier molecular flexibility index (Phi) is 5.08. The smallest absolute Gasteiger partial charge is 0.308 e. The van der Waals surface area contributed by atoms with Gasteiger partial charge in [0.15, 0.2) is 0 Å². The molecule has 0 spiro atoms. The Bertz CT molecular complexity index is 768. The Morgan fingerprint density at radius 3 is 2.64 bits per heavy atom. The SMILES string of the molecule is CC(CN(C(=O)Cc1coc(-c2ccc(Cl)cc2)n1)C1CC1)C(=O)O. The van der Waals surface area contributed by atoms with E-state index in [0.29, 0.717) is 16.6 Å². The summed E-state index contributed by atoms with van der Waals surface area (Å²) in [6, 6.07) is 7.23. The third-order valence-corrected chi connectivity index (χ3v) is 4.43. The van der Waals surface area contributed by atoms with Crippen LogP contribution in [0.5, 0.6) is 0 Å². The van der Waals surface area contributed by atoms with E-state index < -0.39 is 11.9 Å². The minimum atomic E-state index is -0.898. The molecule has 2 aromatic rings. The molecule has 3 rings (SSSR count). The zero-order valence-corrected chi connectivity index (χ0v) is 14.6. The van der Waals surface area contributed by atoms with Crippen molar-refractivity contribution < 1.29 is 19.1 Å². The molecule has 1 aromatic carbocycles. The fraction of sp³-hybridized carbons (Fsp3) is 0.389. The average molecular weight is 363 g/mol. The van der Waals surface area contributed by atoms with Crippen LogP contribution in [0.3, 0.4) is 0 Å². The van der Waals surface area contributed by atoms with Crippen LogP contribution in [0.4, 0.5) is 0 Å². The largest absolute Gasteiger partial charge is 0.481 e. The molecule has 1 N–H and O–H groups in total. The normalized spacial score (nSPS) is 15.0. The van der Waals surface area contributed by atoms with Crippen molar-refractivity contribution in [1.29, 1.82) is 0 Å². The van der Waals surface area contributed by atoms with E-state index >= 15 is 0 Å². The van der Waals surface area contributed by atoms with E-state index in [0.717, 1.165) is 18.4 Å². The second-order valence-corrected chi connectivity index (χ2v) is 6.78. The van der Waals surface area contributed by atoms with Gasteiger partial charge in [-0.15, -0.1) is 0 Å². The maximum atomic E-state index is 12.6. The summed E-state index contributed by atoms with van der Waals surface area (Å²) in [6.45, 7) is 1.83. The first-order chi connectivity index (χ1) is 11.9. The van der Waals surface area contributed by atoms with E-state index in [2.05, 4.69) is 4.98 Å². The van der Waals surface area contributed by atoms with Gasteiger partial charge in [-0.1, -0.05) is 18.5 Å². The van der Waals surface area contributed by atoms with Crippen LogP contribution in [0.1, 0.15) is 25.5 Å². The standard InChI is InChI=1S/C18H19ClN2O4/c1-11(18(23)24)9-21(15-6-7-15)16(22)8-14-10-25-17(20-14)12-2-4-13(19)5-3-12/h2-5,10-11,15H,6-9H2,1H3,(H,23,24). The summed E-state index contributed by atoms with van der Waals surface area (Å²) in [4.78, 5) is 29.7. The summed E-state index contributed by atoms with van der Waals surface area (Å²) in [5.41, 5.74) is 1.31. The van der Waals surface area contributed by atoms with Crippen LogP contribution in [0.15, 0.2) is 34.9 Å². The van der Waals surface area contributed by atoms with E-state index in [1.165, 1.54) is 6.26 Å². The number of amides is 1. The first-order valence-corrected chi connectivity index (χ1v) is 8.54. The number of hydrogen-bond acceptors (Lipinski definition) is 4. The molecule has 0 radical (unpaired) electrons. The van der Waals surface area contributed by atoms with Crippen LogP contribution in [0, 0.1) is 5.92 Å². The summed E-state index contributed by atoms with van der Waals surface area (Å²) in [5.74, 6) is -1.18. The van der Waals surface area contributed by atoms with Crippen LogP contribution >= 0.6 is 11.6 Å². The number of benzene rings is 1. The molecule has 1 amide bonds. The number of halogens is 1. The van der Waals surface area contributed by atoms with Crippen molar-refractivity contribution in [3.63, 3.8) is 0 Å². The number of hydrogen-bond donors (Lipinski definition) is 1. The number of nitrogens with zero attached hydrogens (tertiary/aromatic N) is 2. The highest BCUT2D eigenvalue weighted by Gasteiger charge is 2.34. The Morgan fingerprint density at radius 2 is 2.04 bits per heavy atom. The van der Waals surface area contributed by atoms with Gasteiger partial charge in [0.25, 0.3) is 0 Å². The predicted octanol–water partition coefficient (Wildman–Crippen LogP) is 3.25. The van der Waals surface area contributed by atoms with Crippen LogP contribution in [-0.4, -0.2) is 39.5 Å². The zero-order valence-electron chi connectivity index (χ0n) is 13.8. The molecule has 25 heavy (non-hydrogen) atoms. The van der Waals surface area contributed by atoms with Gasteiger partial charge in [0, 0.05) is 23.2 Å². The summed E-state index contributed by atoms with van der Waals surface area (Å²) in [7, 11) is 0. The third kappa shape index (κ3) is 4.39. The average Bonchev–Trinajstić information content (AvgIpc) is 3.32. The fourth-order valence-corrected chi connectivity index (χ4v) is 2.71. The molecule has 1 aromatic heterocycles. The lowest BCUT2D eigenvalue weighted by Gasteiger charge is -2.24. The molecule has 1 fully saturated rings. The molecule has 6 nitrogen and oxygen atoms in total. The molecule has 0 bridgehead atoms. The highest BCUT2D eigenvalue weighted by atomic mass is 35.5. The molecule has 0 saturated heterocycles. The van der Waals surface area contributed by atoms with Crippen molar-refractivity contribution >= 4 is 23.5 Å². The minimum absolute atomic E-state index is 0.0972. The summed E-state index contributed by atoms with van der Waals surface area (Å²) >= 11 is 5.86. The molecule has 1 aliphatic carbocycles. The topological polar surface area (TPSA) is 83.6 Å². The van der Waals surface area contributed by atoms with Gasteiger partial charge in [-0.3, -0.25) is 9.59 Å². The van der Waals surface area contributed by atoms with Crippen molar-refractivity contribution in [3.8, 4) is 11.5 Å². The number of oxazole rings is 1. The predicted molar refractivity (Wildman–Crippen MR) is 92.2 cm³/mol. The number of carbonyl (C=O) groups excluding carboxylic acids is 1. The van der Waals surface area contributed by atoms with Crippen molar-refractivity contribution in [2.24, 2.45) is 5.92 Å². The van der Waals surface area contributed by atoms with Gasteiger partial charge in [0.05, 0.1) is 18.0 Å². The van der Waals surface area contributed by atoms with Crippen molar-refractivity contribution in [2.45, 2.75) is 32.2 Å². The second kappa shape index (κ2) is 7.27. The highest BCUT2D eigenvalue weighted by molar-refractivity contribution is 6.30. The van der Waals surface area contributed by atoms with E-state index in [1.54, 1.807) is 36.1 Å². The molecule has 1 saturated carbocycles. The monoisotopic (exact) mass is 362 g/mol. The van der Waals surface area contributed by atoms with Crippen LogP contribution in [0.2, 0.25) is 5.02 Å². The zero-order chi connectivity index (χ0) is 18.0. The number of carbonyl (C=O) groups is 2. The first-order valence-electron chi connectivity index (χ1n) is 8.16. The van der Waals surface area contributed by atoms with Crippen molar-refractivity contribution in [3.05, 3.63) is 41.2 Å². The van der Waals surface area contributed by atoms with Gasteiger partial charge in [0.2, 0.25) is 11.8 Å². The third-order valence-electron chi connectivity index (χ3n) is 4.18. The van der Waals surface area contributed by atoms with Crippen LogP contribution in [-0.2, 0) is 16.0 Å². The summed E-state index contributed by atoms with van der Waals surface area (Å²) in [5, 5.41) is 9.70. The van der Waals surface area contributed by atoms with E-state index in [9.17, 15) is 9.59 Å². The molecular weight excluding hydrogens is 344 g/mol. The van der Waals surface area contributed by atoms with Gasteiger partial charge in [-0.05, 0) is 37.1 Å². The molecule has 132 valence electrons. The van der Waals surface area contributed by atoms with Crippen molar-refractivity contribution in [1.82, 2.24) is 9.88 Å². The molecule has 1 heterocycles. The van der Waals surface area contributed by atoms with E-state index in [1.807, 2.05) is 0 Å².